The highest BCUT2D eigenvalue weighted by Crippen LogP contribution is 2.50. The fourth-order valence-electron chi connectivity index (χ4n) is 5.82. The summed E-state index contributed by atoms with van der Waals surface area (Å²) in [5, 5.41) is 9.29. The van der Waals surface area contributed by atoms with Crippen molar-refractivity contribution < 1.29 is 4.39 Å². The number of benzene rings is 3. The summed E-state index contributed by atoms with van der Waals surface area (Å²) in [7, 11) is 0. The van der Waals surface area contributed by atoms with E-state index in [0.717, 1.165) is 26.9 Å². The lowest BCUT2D eigenvalue weighted by Gasteiger charge is -2.09. The lowest BCUT2D eigenvalue weighted by molar-refractivity contribution is 0.634. The van der Waals surface area contributed by atoms with Crippen LogP contribution in [0.4, 0.5) is 4.39 Å². The predicted molar refractivity (Wildman–Crippen MR) is 174 cm³/mol. The van der Waals surface area contributed by atoms with Gasteiger partial charge >= 0.3 is 0 Å². The van der Waals surface area contributed by atoms with Gasteiger partial charge in [-0.05, 0) is 107 Å². The molecule has 2 nitrogen and oxygen atoms in total. The molecule has 0 N–H and O–H groups in total. The normalized spacial score (nSPS) is 12.4. The average Bonchev–Trinajstić information content (AvgIpc) is 3.75. The van der Waals surface area contributed by atoms with Crippen LogP contribution in [-0.4, -0.2) is 8.75 Å². The number of nitrogens with zero attached hydrogens (tertiary/aromatic N) is 2. The van der Waals surface area contributed by atoms with Gasteiger partial charge in [0.15, 0.2) is 5.82 Å². The Balaban J connectivity index is 1.40. The molecule has 192 valence electrons. The molecule has 0 atom stereocenters. The van der Waals surface area contributed by atoms with Crippen molar-refractivity contribution in [1.82, 2.24) is 8.75 Å². The lowest BCUT2D eigenvalue weighted by atomic mass is 10.0. The molecule has 0 aliphatic carbocycles. The Morgan fingerprint density at radius 3 is 1.64 bits per heavy atom. The fraction of sp³-hybridized carbons (Fsp3) is 0.133. The van der Waals surface area contributed by atoms with Gasteiger partial charge < -0.3 is 0 Å². The van der Waals surface area contributed by atoms with Gasteiger partial charge in [-0.3, -0.25) is 0 Å². The van der Waals surface area contributed by atoms with Crippen molar-refractivity contribution in [2.75, 3.05) is 0 Å². The van der Waals surface area contributed by atoms with Crippen LogP contribution in [0.5, 0.6) is 0 Å². The highest BCUT2D eigenvalue weighted by Gasteiger charge is 2.27. The molecule has 9 heteroatoms. The number of hydrogen-bond acceptors (Lipinski definition) is 7. The van der Waals surface area contributed by atoms with Gasteiger partial charge in [-0.15, -0.1) is 45.3 Å². The van der Waals surface area contributed by atoms with E-state index in [2.05, 4.69) is 71.5 Å². The Morgan fingerprint density at radius 1 is 0.641 bits per heavy atom. The molecule has 0 radical (unpaired) electrons. The van der Waals surface area contributed by atoms with Crippen molar-refractivity contribution in [1.29, 1.82) is 0 Å². The molecule has 0 fully saturated rings. The molecule has 0 saturated heterocycles. The number of rotatable bonds is 2. The molecular formula is C30H18ClFN2S5. The third-order valence-electron chi connectivity index (χ3n) is 7.86. The second kappa shape index (κ2) is 8.52. The number of aromatic nitrogens is 2. The van der Waals surface area contributed by atoms with E-state index in [1.165, 1.54) is 57.2 Å². The molecule has 0 aliphatic heterocycles. The van der Waals surface area contributed by atoms with E-state index < -0.39 is 5.82 Å². The smallest absolute Gasteiger partial charge is 0.153 e. The summed E-state index contributed by atoms with van der Waals surface area (Å²) in [6.45, 7) is 8.63. The molecule has 0 saturated carbocycles. The third-order valence-corrected chi connectivity index (χ3v) is 13.4. The SMILES string of the molecule is Cc1c2cc(-c3c(F)c(Cl)c(-c4cc5c(C)c6sccc6c(C)c5s4)c4nsnc34)sc2c(C)c2ccsc12. The van der Waals surface area contributed by atoms with E-state index in [9.17, 15) is 0 Å². The van der Waals surface area contributed by atoms with Gasteiger partial charge in [-0.1, -0.05) is 11.6 Å². The van der Waals surface area contributed by atoms with Crippen LogP contribution in [0.2, 0.25) is 5.02 Å². The first-order chi connectivity index (χ1) is 18.8. The summed E-state index contributed by atoms with van der Waals surface area (Å²) in [5.74, 6) is -0.428. The summed E-state index contributed by atoms with van der Waals surface area (Å²) in [5.41, 5.74) is 7.29. The van der Waals surface area contributed by atoms with Crippen molar-refractivity contribution in [3.63, 3.8) is 0 Å². The van der Waals surface area contributed by atoms with Crippen LogP contribution in [0.3, 0.4) is 0 Å². The maximum atomic E-state index is 16.4. The standard InChI is InChI=1S/C30H18ClFN2S5/c1-11-15-5-7-35-27(15)13(3)17-9-19(37-29(11)17)21-23(31)24(32)22(26-25(21)33-39-34-26)20-10-18-14(4)28-16(6-8-36-28)12(2)30(18)38-20/h5-10H,1-4H3. The second-order valence-corrected chi connectivity index (χ2v) is 14.7. The fourth-order valence-corrected chi connectivity index (χ4v) is 11.2. The topological polar surface area (TPSA) is 25.8 Å². The zero-order valence-electron chi connectivity index (χ0n) is 21.2. The van der Waals surface area contributed by atoms with Crippen LogP contribution in [0, 0.1) is 33.5 Å². The minimum Gasteiger partial charge on any atom is -0.205 e. The van der Waals surface area contributed by atoms with Gasteiger partial charge in [0, 0.05) is 34.1 Å². The summed E-state index contributed by atoms with van der Waals surface area (Å²) in [6.07, 6.45) is 0. The van der Waals surface area contributed by atoms with Gasteiger partial charge in [-0.25, -0.2) is 4.39 Å². The quantitative estimate of drug-likeness (QED) is 0.192. The van der Waals surface area contributed by atoms with E-state index in [0.29, 0.717) is 22.2 Å². The van der Waals surface area contributed by atoms with Crippen LogP contribution >= 0.6 is 68.7 Å². The molecule has 5 aromatic heterocycles. The predicted octanol–water partition coefficient (Wildman–Crippen LogP) is 11.9. The monoisotopic (exact) mass is 620 g/mol. The lowest BCUT2D eigenvalue weighted by Crippen LogP contribution is -1.91. The largest absolute Gasteiger partial charge is 0.205 e. The van der Waals surface area contributed by atoms with Gasteiger partial charge in [0.25, 0.3) is 0 Å². The van der Waals surface area contributed by atoms with Crippen LogP contribution in [0.25, 0.3) is 72.3 Å². The Bertz CT molecular complexity index is 2040. The number of halogens is 2. The first-order valence-corrected chi connectivity index (χ1v) is 16.8. The molecular weight excluding hydrogens is 603 g/mol. The molecule has 0 bridgehead atoms. The highest BCUT2D eigenvalue weighted by molar-refractivity contribution is 7.24. The first kappa shape index (κ1) is 24.3. The maximum Gasteiger partial charge on any atom is 0.153 e. The molecule has 8 rings (SSSR count). The van der Waals surface area contributed by atoms with Gasteiger partial charge in [0.1, 0.15) is 11.0 Å². The maximum absolute atomic E-state index is 16.4. The van der Waals surface area contributed by atoms with E-state index in [1.54, 1.807) is 45.3 Å². The van der Waals surface area contributed by atoms with Crippen molar-refractivity contribution in [3.8, 4) is 20.9 Å². The third kappa shape index (κ3) is 3.21. The minimum atomic E-state index is -0.428. The van der Waals surface area contributed by atoms with Gasteiger partial charge in [0.2, 0.25) is 0 Å². The highest BCUT2D eigenvalue weighted by atomic mass is 35.5. The van der Waals surface area contributed by atoms with E-state index in [1.807, 2.05) is 0 Å². The average molecular weight is 621 g/mol. The Hall–Kier alpha value is -2.46. The molecule has 5 heterocycles. The van der Waals surface area contributed by atoms with E-state index >= 15 is 4.39 Å². The van der Waals surface area contributed by atoms with Crippen LogP contribution in [-0.2, 0) is 0 Å². The number of hydrogen-bond donors (Lipinski definition) is 0. The van der Waals surface area contributed by atoms with Crippen LogP contribution in [0.15, 0.2) is 35.0 Å². The Labute approximate surface area is 248 Å². The number of thiophene rings is 4. The zero-order chi connectivity index (χ0) is 26.7. The summed E-state index contributed by atoms with van der Waals surface area (Å²) in [6, 6.07) is 8.62. The molecule has 0 spiro atoms. The molecule has 0 unspecified atom stereocenters. The summed E-state index contributed by atoms with van der Waals surface area (Å²) >= 11 is 14.8. The minimum absolute atomic E-state index is 0.112. The van der Waals surface area contributed by atoms with Crippen LogP contribution < -0.4 is 0 Å². The van der Waals surface area contributed by atoms with E-state index in [-0.39, 0.29) is 5.02 Å². The summed E-state index contributed by atoms with van der Waals surface area (Å²) < 4.78 is 30.7. The van der Waals surface area contributed by atoms with Crippen molar-refractivity contribution in [3.05, 3.63) is 68.1 Å². The molecule has 0 aliphatic rings. The number of fused-ring (bicyclic) bond motifs is 5. The molecule has 8 aromatic rings. The Morgan fingerprint density at radius 2 is 1.10 bits per heavy atom. The van der Waals surface area contributed by atoms with Gasteiger partial charge in [0.05, 0.1) is 22.3 Å². The van der Waals surface area contributed by atoms with E-state index in [4.69, 9.17) is 11.6 Å². The van der Waals surface area contributed by atoms with Crippen molar-refractivity contribution in [2.45, 2.75) is 27.7 Å². The van der Waals surface area contributed by atoms with Crippen LogP contribution in [0.1, 0.15) is 22.3 Å². The molecule has 39 heavy (non-hydrogen) atoms. The molecule has 0 amide bonds. The zero-order valence-corrected chi connectivity index (χ0v) is 26.0. The molecule has 3 aromatic carbocycles. The number of aryl methyl sites for hydroxylation is 4. The Kier molecular flexibility index (Phi) is 5.32. The summed E-state index contributed by atoms with van der Waals surface area (Å²) in [4.78, 5) is 1.76. The van der Waals surface area contributed by atoms with Crippen molar-refractivity contribution in [2.24, 2.45) is 0 Å². The van der Waals surface area contributed by atoms with Gasteiger partial charge in [-0.2, -0.15) is 8.75 Å². The first-order valence-electron chi connectivity index (χ1n) is 12.3. The second-order valence-electron chi connectivity index (χ2n) is 9.87. The van der Waals surface area contributed by atoms with Crippen molar-refractivity contribution >= 4 is 120 Å².